The van der Waals surface area contributed by atoms with E-state index in [1.807, 2.05) is 66.7 Å². The molecule has 0 aliphatic rings. The maximum absolute atomic E-state index is 12.2. The number of carbonyl (C=O) groups is 1. The predicted molar refractivity (Wildman–Crippen MR) is 100 cm³/mol. The van der Waals surface area contributed by atoms with Gasteiger partial charge < -0.3 is 13.9 Å². The van der Waals surface area contributed by atoms with Crippen LogP contribution in [0.2, 0.25) is 0 Å². The quantitative estimate of drug-likeness (QED) is 0.373. The van der Waals surface area contributed by atoms with Gasteiger partial charge in [-0.2, -0.15) is 0 Å². The van der Waals surface area contributed by atoms with E-state index in [1.165, 1.54) is 0 Å². The van der Waals surface area contributed by atoms with Crippen LogP contribution in [0.25, 0.3) is 21.7 Å². The van der Waals surface area contributed by atoms with E-state index in [1.54, 1.807) is 6.26 Å². The predicted octanol–water partition coefficient (Wildman–Crippen LogP) is 4.75. The van der Waals surface area contributed by atoms with Crippen molar-refractivity contribution < 1.29 is 18.7 Å². The number of ether oxygens (including phenoxy) is 2. The first-order valence-electron chi connectivity index (χ1n) is 8.52. The molecule has 0 fully saturated rings. The second-order valence-corrected chi connectivity index (χ2v) is 5.98. The van der Waals surface area contributed by atoms with Crippen LogP contribution < -0.4 is 4.74 Å². The second-order valence-electron chi connectivity index (χ2n) is 5.98. The summed E-state index contributed by atoms with van der Waals surface area (Å²) in [4.78, 5) is 12.2. The zero-order valence-electron chi connectivity index (χ0n) is 14.2. The molecule has 0 unspecified atom stereocenters. The molecule has 0 N–H and O–H groups in total. The van der Waals surface area contributed by atoms with Crippen LogP contribution in [0.3, 0.4) is 0 Å². The molecule has 4 nitrogen and oxygen atoms in total. The molecule has 0 saturated carbocycles. The Hall–Kier alpha value is -3.27. The molecule has 0 bridgehead atoms. The molecular formula is C22H18O4. The first kappa shape index (κ1) is 16.2. The summed E-state index contributed by atoms with van der Waals surface area (Å²) in [5.41, 5.74) is 1.62. The minimum Gasteiger partial charge on any atom is -0.490 e. The Bertz CT molecular complexity index is 1030. The highest BCUT2D eigenvalue weighted by Gasteiger charge is 2.14. The van der Waals surface area contributed by atoms with Crippen molar-refractivity contribution in [2.75, 3.05) is 13.2 Å². The van der Waals surface area contributed by atoms with Crippen molar-refractivity contribution in [1.29, 1.82) is 0 Å². The first-order valence-corrected chi connectivity index (χ1v) is 8.52. The molecule has 4 aromatic rings. The van der Waals surface area contributed by atoms with Gasteiger partial charge in [-0.3, -0.25) is 4.79 Å². The fraction of sp³-hybridized carbons (Fsp3) is 0.136. The van der Waals surface area contributed by atoms with Crippen molar-refractivity contribution >= 4 is 27.7 Å². The topological polar surface area (TPSA) is 48.7 Å². The number of rotatable bonds is 6. The van der Waals surface area contributed by atoms with Crippen molar-refractivity contribution in [3.8, 4) is 5.75 Å². The molecule has 3 aromatic carbocycles. The number of benzene rings is 3. The summed E-state index contributed by atoms with van der Waals surface area (Å²) < 4.78 is 16.4. The lowest BCUT2D eigenvalue weighted by Gasteiger charge is -2.07. The summed E-state index contributed by atoms with van der Waals surface area (Å²) in [7, 11) is 0. The first-order chi connectivity index (χ1) is 12.8. The smallest absolute Gasteiger partial charge is 0.310 e. The summed E-state index contributed by atoms with van der Waals surface area (Å²) in [6, 6.07) is 21.5. The normalized spacial score (nSPS) is 10.9. The van der Waals surface area contributed by atoms with E-state index >= 15 is 0 Å². The van der Waals surface area contributed by atoms with E-state index in [9.17, 15) is 4.79 Å². The Kier molecular flexibility index (Phi) is 4.56. The van der Waals surface area contributed by atoms with Crippen LogP contribution in [-0.2, 0) is 16.0 Å². The van der Waals surface area contributed by atoms with E-state index in [2.05, 4.69) is 0 Å². The van der Waals surface area contributed by atoms with Crippen LogP contribution in [0.1, 0.15) is 5.56 Å². The van der Waals surface area contributed by atoms with E-state index in [0.717, 1.165) is 33.1 Å². The van der Waals surface area contributed by atoms with Gasteiger partial charge in [0.1, 0.15) is 24.5 Å². The number of hydrogen-bond donors (Lipinski definition) is 0. The Balaban J connectivity index is 1.41. The number of hydrogen-bond acceptors (Lipinski definition) is 4. The van der Waals surface area contributed by atoms with Gasteiger partial charge in [-0.1, -0.05) is 48.5 Å². The zero-order valence-corrected chi connectivity index (χ0v) is 14.2. The third-order valence-corrected chi connectivity index (χ3v) is 4.23. The highest BCUT2D eigenvalue weighted by Crippen LogP contribution is 2.30. The Morgan fingerprint density at radius 3 is 2.58 bits per heavy atom. The van der Waals surface area contributed by atoms with Gasteiger partial charge >= 0.3 is 5.97 Å². The minimum atomic E-state index is -0.294. The van der Waals surface area contributed by atoms with Gasteiger partial charge in [0.25, 0.3) is 0 Å². The number of carbonyl (C=O) groups excluding carboxylic acids is 1. The SMILES string of the molecule is O=C(Cc1coc2ccc3ccccc3c12)OCCOc1ccccc1. The molecule has 1 aromatic heterocycles. The van der Waals surface area contributed by atoms with Crippen molar-refractivity contribution in [2.24, 2.45) is 0 Å². The fourth-order valence-electron chi connectivity index (χ4n) is 3.04. The maximum Gasteiger partial charge on any atom is 0.310 e. The van der Waals surface area contributed by atoms with Gasteiger partial charge in [-0.25, -0.2) is 0 Å². The van der Waals surface area contributed by atoms with Crippen LogP contribution in [0, 0.1) is 0 Å². The van der Waals surface area contributed by atoms with E-state index in [0.29, 0.717) is 6.61 Å². The third-order valence-electron chi connectivity index (χ3n) is 4.23. The molecule has 4 heteroatoms. The van der Waals surface area contributed by atoms with Crippen molar-refractivity contribution in [3.05, 3.63) is 78.6 Å². The van der Waals surface area contributed by atoms with Gasteiger partial charge in [0.2, 0.25) is 0 Å². The highest BCUT2D eigenvalue weighted by atomic mass is 16.6. The average Bonchev–Trinajstić information content (AvgIpc) is 3.09. The molecule has 0 spiro atoms. The van der Waals surface area contributed by atoms with Gasteiger partial charge in [0, 0.05) is 10.9 Å². The maximum atomic E-state index is 12.2. The van der Waals surface area contributed by atoms with Crippen molar-refractivity contribution in [3.63, 3.8) is 0 Å². The summed E-state index contributed by atoms with van der Waals surface area (Å²) in [5, 5.41) is 3.17. The molecule has 0 atom stereocenters. The molecule has 1 heterocycles. The minimum absolute atomic E-state index is 0.173. The monoisotopic (exact) mass is 346 g/mol. The van der Waals surface area contributed by atoms with Crippen LogP contribution in [0.15, 0.2) is 77.4 Å². The standard InChI is InChI=1S/C22H18O4/c23-21(25-13-12-24-18-7-2-1-3-8-18)14-17-15-26-20-11-10-16-6-4-5-9-19(16)22(17)20/h1-11,15H,12-14H2. The second kappa shape index (κ2) is 7.31. The van der Waals surface area contributed by atoms with Crippen LogP contribution in [0.4, 0.5) is 0 Å². The Morgan fingerprint density at radius 2 is 1.69 bits per heavy atom. The zero-order chi connectivity index (χ0) is 17.8. The largest absolute Gasteiger partial charge is 0.490 e. The number of furan rings is 1. The van der Waals surface area contributed by atoms with Crippen LogP contribution in [0.5, 0.6) is 5.75 Å². The lowest BCUT2D eigenvalue weighted by atomic mass is 10.0. The van der Waals surface area contributed by atoms with E-state index in [-0.39, 0.29) is 19.0 Å². The summed E-state index contributed by atoms with van der Waals surface area (Å²) in [6.45, 7) is 0.537. The van der Waals surface area contributed by atoms with Gasteiger partial charge in [-0.15, -0.1) is 0 Å². The molecule has 0 aliphatic heterocycles. The molecule has 0 aliphatic carbocycles. The third kappa shape index (κ3) is 3.40. The summed E-state index contributed by atoms with van der Waals surface area (Å²) >= 11 is 0. The Morgan fingerprint density at radius 1 is 0.885 bits per heavy atom. The van der Waals surface area contributed by atoms with E-state index in [4.69, 9.17) is 13.9 Å². The van der Waals surface area contributed by atoms with Crippen molar-refractivity contribution in [1.82, 2.24) is 0 Å². The lowest BCUT2D eigenvalue weighted by Crippen LogP contribution is -2.13. The number of esters is 1. The molecule has 130 valence electrons. The molecule has 0 amide bonds. The lowest BCUT2D eigenvalue weighted by molar-refractivity contribution is -0.143. The highest BCUT2D eigenvalue weighted by molar-refractivity contribution is 6.08. The van der Waals surface area contributed by atoms with Gasteiger partial charge in [0.15, 0.2) is 0 Å². The molecule has 0 saturated heterocycles. The molecule has 26 heavy (non-hydrogen) atoms. The van der Waals surface area contributed by atoms with Crippen LogP contribution in [-0.4, -0.2) is 19.2 Å². The molecule has 4 rings (SSSR count). The average molecular weight is 346 g/mol. The van der Waals surface area contributed by atoms with Gasteiger partial charge in [0.05, 0.1) is 12.7 Å². The summed E-state index contributed by atoms with van der Waals surface area (Å²) in [5.74, 6) is 0.466. The number of fused-ring (bicyclic) bond motifs is 3. The fourth-order valence-corrected chi connectivity index (χ4v) is 3.04. The molecule has 0 radical (unpaired) electrons. The molecular weight excluding hydrogens is 328 g/mol. The van der Waals surface area contributed by atoms with Crippen LogP contribution >= 0.6 is 0 Å². The summed E-state index contributed by atoms with van der Waals surface area (Å²) in [6.07, 6.45) is 1.81. The van der Waals surface area contributed by atoms with E-state index < -0.39 is 0 Å². The Labute approximate surface area is 150 Å². The number of para-hydroxylation sites is 1. The van der Waals surface area contributed by atoms with Gasteiger partial charge in [-0.05, 0) is 29.0 Å². The van der Waals surface area contributed by atoms with Crippen molar-refractivity contribution in [2.45, 2.75) is 6.42 Å².